The summed E-state index contributed by atoms with van der Waals surface area (Å²) in [4.78, 5) is 15.6. The van der Waals surface area contributed by atoms with E-state index in [0.29, 0.717) is 12.6 Å². The Kier molecular flexibility index (Phi) is 9.88. The molecule has 0 radical (unpaired) electrons. The summed E-state index contributed by atoms with van der Waals surface area (Å²) in [5.74, 6) is -0.987. The Bertz CT molecular complexity index is 240. The molecule has 1 unspecified atom stereocenters. The molecule has 0 spiro atoms. The molecule has 4 heteroatoms. The fraction of sp³-hybridized carbons (Fsp3) is 0.933. The maximum absolute atomic E-state index is 10.9. The van der Waals surface area contributed by atoms with Gasteiger partial charge in [0.25, 0.3) is 0 Å². The third-order valence-electron chi connectivity index (χ3n) is 3.72. The summed E-state index contributed by atoms with van der Waals surface area (Å²) in [5, 5.41) is 8.99. The molecule has 0 aromatic carbocycles. The van der Waals surface area contributed by atoms with Gasteiger partial charge in [0.2, 0.25) is 0 Å². The van der Waals surface area contributed by atoms with Gasteiger partial charge in [0.15, 0.2) is 0 Å². The second-order valence-corrected chi connectivity index (χ2v) is 5.56. The molecule has 0 aromatic rings. The molecule has 0 saturated heterocycles. The number of carboxylic acids is 1. The van der Waals surface area contributed by atoms with E-state index in [4.69, 9.17) is 5.11 Å². The number of carbonyl (C=O) groups is 1. The van der Waals surface area contributed by atoms with Gasteiger partial charge in [-0.1, -0.05) is 20.8 Å². The zero-order valence-electron chi connectivity index (χ0n) is 13.4. The zero-order valence-corrected chi connectivity index (χ0v) is 13.4. The number of aliphatic carboxylic acids is 1. The van der Waals surface area contributed by atoms with Crippen LogP contribution in [0.15, 0.2) is 0 Å². The summed E-state index contributed by atoms with van der Waals surface area (Å²) in [6.07, 6.45) is 2.33. The molecule has 0 aromatic heterocycles. The van der Waals surface area contributed by atoms with Gasteiger partial charge in [0.1, 0.15) is 0 Å². The normalized spacial score (nSPS) is 13.5. The van der Waals surface area contributed by atoms with Crippen LogP contribution in [0.3, 0.4) is 0 Å². The van der Waals surface area contributed by atoms with Crippen LogP contribution in [-0.2, 0) is 4.79 Å². The zero-order chi connectivity index (χ0) is 14.8. The lowest BCUT2D eigenvalue weighted by molar-refractivity contribution is -0.141. The van der Waals surface area contributed by atoms with Crippen LogP contribution in [0, 0.1) is 5.92 Å². The monoisotopic (exact) mass is 272 g/mol. The van der Waals surface area contributed by atoms with E-state index >= 15 is 0 Å². The van der Waals surface area contributed by atoms with Gasteiger partial charge in [-0.3, -0.25) is 4.79 Å². The van der Waals surface area contributed by atoms with Gasteiger partial charge in [0, 0.05) is 12.6 Å². The SMILES string of the molecule is CCN(CC)CCCCN(CC(C)C(=O)O)C(C)C. The van der Waals surface area contributed by atoms with E-state index in [0.717, 1.165) is 32.6 Å². The predicted molar refractivity (Wildman–Crippen MR) is 80.5 cm³/mol. The molecule has 0 aliphatic carbocycles. The van der Waals surface area contributed by atoms with E-state index < -0.39 is 5.97 Å². The quantitative estimate of drug-likeness (QED) is 0.587. The number of nitrogens with zero attached hydrogens (tertiary/aromatic N) is 2. The van der Waals surface area contributed by atoms with Crippen LogP contribution in [0.5, 0.6) is 0 Å². The third kappa shape index (κ3) is 8.22. The number of unbranched alkanes of at least 4 members (excludes halogenated alkanes) is 1. The first-order valence-electron chi connectivity index (χ1n) is 7.61. The van der Waals surface area contributed by atoms with E-state index in [1.54, 1.807) is 6.92 Å². The Morgan fingerprint density at radius 3 is 2.00 bits per heavy atom. The summed E-state index contributed by atoms with van der Waals surface area (Å²) in [6, 6.07) is 0.412. The highest BCUT2D eigenvalue weighted by Gasteiger charge is 2.17. The maximum atomic E-state index is 10.9. The fourth-order valence-corrected chi connectivity index (χ4v) is 2.18. The molecule has 0 heterocycles. The van der Waals surface area contributed by atoms with Gasteiger partial charge in [-0.05, 0) is 52.9 Å². The summed E-state index contributed by atoms with van der Waals surface area (Å²) in [7, 11) is 0. The third-order valence-corrected chi connectivity index (χ3v) is 3.72. The van der Waals surface area contributed by atoms with E-state index in [1.165, 1.54) is 6.42 Å². The average molecular weight is 272 g/mol. The molecule has 1 atom stereocenters. The average Bonchev–Trinajstić information content (AvgIpc) is 2.36. The Hall–Kier alpha value is -0.610. The van der Waals surface area contributed by atoms with Crippen molar-refractivity contribution in [2.24, 2.45) is 5.92 Å². The minimum absolute atomic E-state index is 0.287. The fourth-order valence-electron chi connectivity index (χ4n) is 2.18. The van der Waals surface area contributed by atoms with Crippen LogP contribution in [0.4, 0.5) is 0 Å². The minimum atomic E-state index is -0.700. The number of hydrogen-bond donors (Lipinski definition) is 1. The second kappa shape index (κ2) is 10.2. The van der Waals surface area contributed by atoms with Gasteiger partial charge in [-0.15, -0.1) is 0 Å². The van der Waals surface area contributed by atoms with Gasteiger partial charge in [0.05, 0.1) is 5.92 Å². The van der Waals surface area contributed by atoms with Crippen molar-refractivity contribution in [2.45, 2.75) is 53.5 Å². The van der Waals surface area contributed by atoms with E-state index in [-0.39, 0.29) is 5.92 Å². The van der Waals surface area contributed by atoms with Crippen molar-refractivity contribution in [1.82, 2.24) is 9.80 Å². The van der Waals surface area contributed by atoms with Crippen LogP contribution < -0.4 is 0 Å². The lowest BCUT2D eigenvalue weighted by Gasteiger charge is -2.28. The molecule has 1 N–H and O–H groups in total. The van der Waals surface area contributed by atoms with Crippen molar-refractivity contribution in [3.63, 3.8) is 0 Å². The highest BCUT2D eigenvalue weighted by Crippen LogP contribution is 2.07. The Morgan fingerprint density at radius 2 is 1.58 bits per heavy atom. The second-order valence-electron chi connectivity index (χ2n) is 5.56. The topological polar surface area (TPSA) is 43.8 Å². The Morgan fingerprint density at radius 1 is 1.05 bits per heavy atom. The smallest absolute Gasteiger partial charge is 0.307 e. The van der Waals surface area contributed by atoms with E-state index in [2.05, 4.69) is 37.5 Å². The number of hydrogen-bond acceptors (Lipinski definition) is 3. The molecule has 4 nitrogen and oxygen atoms in total. The molecule has 114 valence electrons. The Balaban J connectivity index is 3.99. The largest absolute Gasteiger partial charge is 0.481 e. The molecule has 0 rings (SSSR count). The molecule has 0 fully saturated rings. The van der Waals surface area contributed by atoms with E-state index in [1.807, 2.05) is 0 Å². The molecular formula is C15H32N2O2. The van der Waals surface area contributed by atoms with Gasteiger partial charge < -0.3 is 14.9 Å². The van der Waals surface area contributed by atoms with Crippen molar-refractivity contribution in [2.75, 3.05) is 32.7 Å². The van der Waals surface area contributed by atoms with Crippen molar-refractivity contribution in [1.29, 1.82) is 0 Å². The lowest BCUT2D eigenvalue weighted by atomic mass is 10.1. The highest BCUT2D eigenvalue weighted by atomic mass is 16.4. The molecule has 0 amide bonds. The molecule has 0 bridgehead atoms. The number of rotatable bonds is 11. The highest BCUT2D eigenvalue weighted by molar-refractivity contribution is 5.69. The summed E-state index contributed by atoms with van der Waals surface area (Å²) in [5.41, 5.74) is 0. The van der Waals surface area contributed by atoms with Crippen molar-refractivity contribution in [3.05, 3.63) is 0 Å². The molecule has 19 heavy (non-hydrogen) atoms. The summed E-state index contributed by atoms with van der Waals surface area (Å²) in [6.45, 7) is 15.5. The van der Waals surface area contributed by atoms with Crippen molar-refractivity contribution < 1.29 is 9.90 Å². The van der Waals surface area contributed by atoms with Crippen LogP contribution in [0.1, 0.15) is 47.5 Å². The first kappa shape index (κ1) is 18.4. The standard InChI is InChI=1S/C15H32N2O2/c1-6-16(7-2)10-8-9-11-17(13(3)4)12-14(5)15(18)19/h13-14H,6-12H2,1-5H3,(H,18,19). The van der Waals surface area contributed by atoms with Gasteiger partial charge in [-0.2, -0.15) is 0 Å². The Labute approximate surface area is 118 Å². The first-order valence-corrected chi connectivity index (χ1v) is 7.61. The summed E-state index contributed by atoms with van der Waals surface area (Å²) < 4.78 is 0. The minimum Gasteiger partial charge on any atom is -0.481 e. The predicted octanol–water partition coefficient (Wildman–Crippen LogP) is 2.54. The molecule has 0 aliphatic rings. The van der Waals surface area contributed by atoms with Gasteiger partial charge >= 0.3 is 5.97 Å². The lowest BCUT2D eigenvalue weighted by Crippen LogP contribution is -2.38. The van der Waals surface area contributed by atoms with Crippen LogP contribution in [-0.4, -0.2) is 59.6 Å². The van der Waals surface area contributed by atoms with Crippen LogP contribution in [0.25, 0.3) is 0 Å². The first-order chi connectivity index (χ1) is 8.92. The molecule has 0 aliphatic heterocycles. The van der Waals surface area contributed by atoms with E-state index in [9.17, 15) is 4.79 Å². The molecule has 0 saturated carbocycles. The van der Waals surface area contributed by atoms with Crippen molar-refractivity contribution in [3.8, 4) is 0 Å². The number of carboxylic acid groups (broad SMARTS) is 1. The van der Waals surface area contributed by atoms with Gasteiger partial charge in [-0.25, -0.2) is 0 Å². The maximum Gasteiger partial charge on any atom is 0.307 e. The molecular weight excluding hydrogens is 240 g/mol. The van der Waals surface area contributed by atoms with Crippen LogP contribution >= 0.6 is 0 Å². The summed E-state index contributed by atoms with van der Waals surface area (Å²) >= 11 is 0. The van der Waals surface area contributed by atoms with Crippen molar-refractivity contribution >= 4 is 5.97 Å². The van der Waals surface area contributed by atoms with Crippen LogP contribution in [0.2, 0.25) is 0 Å².